The molecular formula is C33H33BrClN5O3S. The maximum atomic E-state index is 6.50. The molecule has 8 nitrogen and oxygen atoms in total. The van der Waals surface area contributed by atoms with E-state index < -0.39 is 5.79 Å². The largest absolute Gasteiger partial charge is 0.497 e. The highest BCUT2D eigenvalue weighted by atomic mass is 79.9. The monoisotopic (exact) mass is 693 g/mol. The standard InChI is InChI=1S/C33H33BrClN5O3S/c1-18-16-40(31-26(18)29(35)37-17-38-31)32-28-27(42-33(2,3)43-28)25(44-32)12-8-19-5-9-21-14-23(34)30(39-24(21)13-19)36-15-20-6-10-22(41-4)11-7-20/h5-7,9-11,13-14,16-17,25,27-28,32H,8,12,15H2,1-4H3,(H,36,39)/t25-,27-,28-,32-/m1/s1. The number of fused-ring (bicyclic) bond motifs is 3. The van der Waals surface area contributed by atoms with Gasteiger partial charge in [0.15, 0.2) is 5.79 Å². The van der Waals surface area contributed by atoms with Gasteiger partial charge in [-0.1, -0.05) is 35.9 Å². The lowest BCUT2D eigenvalue weighted by Crippen LogP contribution is -2.29. The summed E-state index contributed by atoms with van der Waals surface area (Å²) in [5.74, 6) is 1.02. The van der Waals surface area contributed by atoms with Gasteiger partial charge in [0.25, 0.3) is 0 Å². The van der Waals surface area contributed by atoms with Gasteiger partial charge >= 0.3 is 0 Å². The maximum absolute atomic E-state index is 6.50. The quantitative estimate of drug-likeness (QED) is 0.163. The third-order valence-corrected chi connectivity index (χ3v) is 10.8. The lowest BCUT2D eigenvalue weighted by Gasteiger charge is -2.24. The number of aryl methyl sites for hydroxylation is 2. The van der Waals surface area contributed by atoms with E-state index in [1.165, 1.54) is 11.9 Å². The number of benzene rings is 2. The molecule has 11 heteroatoms. The van der Waals surface area contributed by atoms with Crippen LogP contribution in [0.25, 0.3) is 21.9 Å². The average Bonchev–Trinajstić information content (AvgIpc) is 3.63. The van der Waals surface area contributed by atoms with E-state index in [0.717, 1.165) is 61.9 Å². The molecule has 0 aliphatic carbocycles. The number of nitrogens with one attached hydrogen (secondary N) is 1. The van der Waals surface area contributed by atoms with Crippen molar-refractivity contribution in [1.29, 1.82) is 0 Å². The first-order valence-corrected chi connectivity index (χ1v) is 16.8. The Balaban J connectivity index is 1.09. The Hall–Kier alpha value is -2.89. The Bertz CT molecular complexity index is 1850. The number of anilines is 1. The molecule has 0 bridgehead atoms. The maximum Gasteiger partial charge on any atom is 0.163 e. The second kappa shape index (κ2) is 11.8. The molecule has 0 saturated carbocycles. The minimum atomic E-state index is -0.646. The van der Waals surface area contributed by atoms with Crippen LogP contribution < -0.4 is 10.1 Å². The molecule has 0 amide bonds. The molecule has 2 aliphatic heterocycles. The summed E-state index contributed by atoms with van der Waals surface area (Å²) in [4.78, 5) is 13.8. The van der Waals surface area contributed by atoms with Crippen molar-refractivity contribution in [2.75, 3.05) is 12.4 Å². The van der Waals surface area contributed by atoms with Crippen LogP contribution in [0.5, 0.6) is 5.75 Å². The predicted octanol–water partition coefficient (Wildman–Crippen LogP) is 8.09. The Morgan fingerprint density at radius 1 is 1.07 bits per heavy atom. The third kappa shape index (κ3) is 5.67. The van der Waals surface area contributed by atoms with E-state index >= 15 is 0 Å². The molecule has 2 aromatic carbocycles. The molecule has 3 aromatic heterocycles. The van der Waals surface area contributed by atoms with Gasteiger partial charge in [0, 0.05) is 23.4 Å². The molecule has 2 fully saturated rings. The van der Waals surface area contributed by atoms with Gasteiger partial charge in [-0.2, -0.15) is 0 Å². The Labute approximate surface area is 274 Å². The van der Waals surface area contributed by atoms with Crippen LogP contribution in [-0.2, 0) is 22.4 Å². The number of hydrogen-bond donors (Lipinski definition) is 1. The van der Waals surface area contributed by atoms with Crippen molar-refractivity contribution in [1.82, 2.24) is 19.5 Å². The lowest BCUT2D eigenvalue weighted by molar-refractivity contribution is -0.148. The van der Waals surface area contributed by atoms with Gasteiger partial charge in [-0.15, -0.1) is 11.8 Å². The van der Waals surface area contributed by atoms with E-state index in [1.807, 2.05) is 44.7 Å². The number of rotatable bonds is 8. The van der Waals surface area contributed by atoms with Crippen LogP contribution >= 0.6 is 39.3 Å². The fourth-order valence-corrected chi connectivity index (χ4v) is 8.63. The summed E-state index contributed by atoms with van der Waals surface area (Å²) in [6, 6.07) is 16.7. The zero-order valence-corrected chi connectivity index (χ0v) is 28.0. The van der Waals surface area contributed by atoms with Crippen molar-refractivity contribution in [3.8, 4) is 5.75 Å². The SMILES string of the molecule is COc1ccc(CNc2nc3cc(CC[C@H]4S[C@@H](n5cc(C)c6c(Cl)ncnc65)[C@@H]5OC(C)(C)O[C@@H]54)ccc3cc2Br)cc1. The second-order valence-electron chi connectivity index (χ2n) is 11.8. The zero-order chi connectivity index (χ0) is 30.6. The number of halogens is 2. The van der Waals surface area contributed by atoms with Gasteiger partial charge < -0.3 is 24.1 Å². The van der Waals surface area contributed by atoms with Crippen molar-refractivity contribution in [3.05, 3.63) is 87.4 Å². The van der Waals surface area contributed by atoms with E-state index in [2.05, 4.69) is 78.4 Å². The zero-order valence-electron chi connectivity index (χ0n) is 24.9. The van der Waals surface area contributed by atoms with E-state index in [4.69, 9.17) is 30.8 Å². The minimum Gasteiger partial charge on any atom is -0.497 e. The molecule has 228 valence electrons. The van der Waals surface area contributed by atoms with Crippen LogP contribution in [0.15, 0.2) is 65.5 Å². The average molecular weight is 695 g/mol. The van der Waals surface area contributed by atoms with E-state index in [9.17, 15) is 0 Å². The summed E-state index contributed by atoms with van der Waals surface area (Å²) >= 11 is 12.0. The molecule has 4 atom stereocenters. The van der Waals surface area contributed by atoms with Crippen LogP contribution in [0, 0.1) is 6.92 Å². The summed E-state index contributed by atoms with van der Waals surface area (Å²) < 4.78 is 21.4. The fraction of sp³-hybridized carbons (Fsp3) is 0.364. The van der Waals surface area contributed by atoms with Crippen LogP contribution in [0.2, 0.25) is 5.15 Å². The van der Waals surface area contributed by atoms with Crippen molar-refractivity contribution in [2.45, 2.75) is 68.8 Å². The number of pyridine rings is 1. The van der Waals surface area contributed by atoms with Crippen molar-refractivity contribution >= 4 is 67.0 Å². The molecule has 44 heavy (non-hydrogen) atoms. The molecule has 5 aromatic rings. The van der Waals surface area contributed by atoms with Gasteiger partial charge in [-0.05, 0) is 90.5 Å². The Morgan fingerprint density at radius 2 is 1.84 bits per heavy atom. The Morgan fingerprint density at radius 3 is 2.64 bits per heavy atom. The minimum absolute atomic E-state index is 0.0175. The van der Waals surface area contributed by atoms with Crippen molar-refractivity contribution in [2.24, 2.45) is 0 Å². The van der Waals surface area contributed by atoms with Crippen LogP contribution in [-0.4, -0.2) is 49.9 Å². The normalized spacial score (nSPS) is 22.5. The van der Waals surface area contributed by atoms with Crippen molar-refractivity contribution in [3.63, 3.8) is 0 Å². The summed E-state index contributed by atoms with van der Waals surface area (Å²) in [6.07, 6.45) is 5.36. The number of hydrogen-bond acceptors (Lipinski definition) is 8. The molecule has 0 spiro atoms. The van der Waals surface area contributed by atoms with E-state index in [1.54, 1.807) is 7.11 Å². The van der Waals surface area contributed by atoms with Crippen LogP contribution in [0.3, 0.4) is 0 Å². The van der Waals surface area contributed by atoms with Crippen LogP contribution in [0.4, 0.5) is 5.82 Å². The smallest absolute Gasteiger partial charge is 0.163 e. The summed E-state index contributed by atoms with van der Waals surface area (Å²) in [5.41, 5.74) is 5.24. The molecule has 0 radical (unpaired) electrons. The van der Waals surface area contributed by atoms with Gasteiger partial charge in [0.2, 0.25) is 0 Å². The number of aromatic nitrogens is 4. The highest BCUT2D eigenvalue weighted by Gasteiger charge is 2.55. The van der Waals surface area contributed by atoms with E-state index in [-0.39, 0.29) is 22.8 Å². The fourth-order valence-electron chi connectivity index (χ4n) is 6.24. The van der Waals surface area contributed by atoms with Gasteiger partial charge in [-0.3, -0.25) is 0 Å². The van der Waals surface area contributed by atoms with Gasteiger partial charge in [0.1, 0.15) is 46.3 Å². The summed E-state index contributed by atoms with van der Waals surface area (Å²) in [7, 11) is 1.67. The first-order valence-electron chi connectivity index (χ1n) is 14.6. The molecule has 2 aliphatic rings. The van der Waals surface area contributed by atoms with Gasteiger partial charge in [0.05, 0.1) is 22.5 Å². The predicted molar refractivity (Wildman–Crippen MR) is 180 cm³/mol. The highest BCUT2D eigenvalue weighted by Crippen LogP contribution is 2.53. The second-order valence-corrected chi connectivity index (χ2v) is 14.4. The Kier molecular flexibility index (Phi) is 7.99. The molecule has 2 saturated heterocycles. The van der Waals surface area contributed by atoms with Gasteiger partial charge in [-0.25, -0.2) is 15.0 Å². The van der Waals surface area contributed by atoms with Crippen LogP contribution in [0.1, 0.15) is 42.3 Å². The molecular weight excluding hydrogens is 662 g/mol. The topological polar surface area (TPSA) is 83.3 Å². The van der Waals surface area contributed by atoms with Crippen molar-refractivity contribution < 1.29 is 14.2 Å². The third-order valence-electron chi connectivity index (χ3n) is 8.32. The number of thioether (sulfide) groups is 1. The molecule has 5 heterocycles. The number of ether oxygens (including phenoxy) is 3. The van der Waals surface area contributed by atoms with E-state index in [0.29, 0.717) is 11.7 Å². The highest BCUT2D eigenvalue weighted by molar-refractivity contribution is 9.10. The lowest BCUT2D eigenvalue weighted by atomic mass is 10.0. The first kappa shape index (κ1) is 29.8. The summed E-state index contributed by atoms with van der Waals surface area (Å²) in [5, 5.41) is 6.20. The summed E-state index contributed by atoms with van der Waals surface area (Å²) in [6.45, 7) is 6.70. The number of methoxy groups -OCH3 is 1. The molecule has 0 unspecified atom stereocenters. The molecule has 1 N–H and O–H groups in total. The number of nitrogens with zero attached hydrogens (tertiary/aromatic N) is 4. The first-order chi connectivity index (χ1) is 21.2. The molecule has 7 rings (SSSR count).